The van der Waals surface area contributed by atoms with Crippen molar-refractivity contribution in [2.24, 2.45) is 5.92 Å². The summed E-state index contributed by atoms with van der Waals surface area (Å²) in [6.07, 6.45) is 4.09. The second-order valence-electron chi connectivity index (χ2n) is 11.4. The number of anilines is 3. The molecule has 0 bridgehead atoms. The van der Waals surface area contributed by atoms with E-state index in [2.05, 4.69) is 41.3 Å². The van der Waals surface area contributed by atoms with Gasteiger partial charge in [0.05, 0.1) is 30.2 Å². The van der Waals surface area contributed by atoms with Crippen molar-refractivity contribution >= 4 is 69.8 Å². The first-order chi connectivity index (χ1) is 19.9. The molecule has 3 aromatic rings. The Labute approximate surface area is 252 Å². The Kier molecular flexibility index (Phi) is 9.89. The van der Waals surface area contributed by atoms with E-state index < -0.39 is 11.1 Å². The maximum atomic E-state index is 13.1. The van der Waals surface area contributed by atoms with Crippen LogP contribution in [0.1, 0.15) is 39.4 Å². The van der Waals surface area contributed by atoms with E-state index in [0.29, 0.717) is 39.1 Å². The number of carbonyl (C=O) groups is 3. The zero-order valence-electron chi connectivity index (χ0n) is 24.8. The van der Waals surface area contributed by atoms with Gasteiger partial charge >= 0.3 is 0 Å². The number of hydrogen-bond acceptors (Lipinski definition) is 10. The molecule has 2 heterocycles. The molecule has 218 valence electrons. The van der Waals surface area contributed by atoms with E-state index in [1.165, 1.54) is 18.4 Å². The average molecular weight is 588 g/mol. The highest BCUT2D eigenvalue weighted by atomic mass is 32.1. The zero-order chi connectivity index (χ0) is 30.4. The van der Waals surface area contributed by atoms with Crippen LogP contribution in [0.5, 0.6) is 5.75 Å². The molecule has 1 aromatic carbocycles. The Morgan fingerprint density at radius 1 is 1.12 bits per heavy atom. The summed E-state index contributed by atoms with van der Waals surface area (Å²) in [5.41, 5.74) is 1.61. The summed E-state index contributed by atoms with van der Waals surface area (Å²) in [6.45, 7) is 1.45. The van der Waals surface area contributed by atoms with E-state index in [1.54, 1.807) is 18.3 Å². The molecule has 0 atom stereocenters. The van der Waals surface area contributed by atoms with Gasteiger partial charge in [-0.25, -0.2) is 4.98 Å². The molecule has 0 unspecified atom stereocenters. The smallest absolute Gasteiger partial charge is 0.272 e. The third-order valence-corrected chi connectivity index (χ3v) is 7.24. The van der Waals surface area contributed by atoms with Crippen molar-refractivity contribution in [3.8, 4) is 16.3 Å². The fourth-order valence-corrected chi connectivity index (χ4v) is 4.90. The van der Waals surface area contributed by atoms with Crippen molar-refractivity contribution in [2.45, 2.75) is 24.5 Å². The molecule has 1 aliphatic rings. The molecule has 0 aliphatic heterocycles. The van der Waals surface area contributed by atoms with Crippen LogP contribution in [0, 0.1) is 5.92 Å². The summed E-state index contributed by atoms with van der Waals surface area (Å²) >= 11 is 1.26. The number of nitrogens with zero attached hydrogens (tertiary/aromatic N) is 4. The Bertz CT molecular complexity index is 1460. The molecular formula is C26H35B3N8O4S. The predicted molar refractivity (Wildman–Crippen MR) is 172 cm³/mol. The molecule has 1 aliphatic carbocycles. The fourth-order valence-electron chi connectivity index (χ4n) is 4.05. The maximum Gasteiger partial charge on any atom is 0.272 e. The number of thiazole rings is 1. The van der Waals surface area contributed by atoms with Crippen molar-refractivity contribution in [3.05, 3.63) is 41.0 Å². The molecule has 12 nitrogen and oxygen atoms in total. The lowest BCUT2D eigenvalue weighted by Crippen LogP contribution is -2.50. The van der Waals surface area contributed by atoms with Crippen LogP contribution in [0.25, 0.3) is 10.6 Å². The van der Waals surface area contributed by atoms with E-state index in [0.717, 1.165) is 25.8 Å². The molecule has 16 heteroatoms. The van der Waals surface area contributed by atoms with Gasteiger partial charge in [0.25, 0.3) is 11.8 Å². The second kappa shape index (κ2) is 13.4. The largest absolute Gasteiger partial charge is 0.494 e. The van der Waals surface area contributed by atoms with Crippen LogP contribution < -0.4 is 26.0 Å². The summed E-state index contributed by atoms with van der Waals surface area (Å²) in [6, 6.07) is 7.05. The number of nitrogens with one attached hydrogen (secondary N) is 4. The van der Waals surface area contributed by atoms with Crippen LogP contribution >= 0.6 is 11.3 Å². The number of hydrogen-bond donors (Lipinski definition) is 4. The summed E-state index contributed by atoms with van der Waals surface area (Å²) in [4.78, 5) is 45.2. The molecule has 1 fully saturated rings. The highest BCUT2D eigenvalue weighted by molar-refractivity contribution is 7.17. The van der Waals surface area contributed by atoms with Crippen molar-refractivity contribution in [3.63, 3.8) is 0 Å². The molecule has 0 radical (unpaired) electrons. The number of rotatable bonds is 13. The Morgan fingerprint density at radius 2 is 1.88 bits per heavy atom. The standard InChI is InChI=1S/C26H35B3N8O4S/c1-37(2)11-5-10-30-23(39)18-13-31-25(42-18)15-6-4-7-16(21(15)41-3)32-17-12-19(33-22(38)14-8-9-14)35-36-20(17)24(40)34-26(27,28)29/h4,6-7,12-14H,5,8-11,27-29H2,1-3H3,(H,30,39)(H,34,40)(H2,32,33,35,38). The quantitative estimate of drug-likeness (QED) is 0.155. The van der Waals surface area contributed by atoms with Gasteiger partial charge in [0, 0.05) is 18.5 Å². The van der Waals surface area contributed by atoms with Gasteiger partial charge in [-0.3, -0.25) is 14.4 Å². The van der Waals surface area contributed by atoms with Crippen molar-refractivity contribution in [1.82, 2.24) is 30.7 Å². The van der Waals surface area contributed by atoms with Gasteiger partial charge < -0.3 is 30.9 Å². The summed E-state index contributed by atoms with van der Waals surface area (Å²) < 4.78 is 5.78. The lowest BCUT2D eigenvalue weighted by molar-refractivity contribution is -0.117. The van der Waals surface area contributed by atoms with Gasteiger partial charge in [-0.15, -0.1) is 21.5 Å². The lowest BCUT2D eigenvalue weighted by Gasteiger charge is -2.22. The molecule has 1 saturated carbocycles. The molecule has 0 spiro atoms. The van der Waals surface area contributed by atoms with E-state index in [-0.39, 0.29) is 29.2 Å². The fraction of sp³-hybridized carbons (Fsp3) is 0.385. The molecule has 42 heavy (non-hydrogen) atoms. The normalized spacial score (nSPS) is 13.0. The molecular weight excluding hydrogens is 553 g/mol. The van der Waals surface area contributed by atoms with Crippen LogP contribution in [0.3, 0.4) is 0 Å². The number of carbonyl (C=O) groups excluding carboxylic acids is 3. The number of benzene rings is 1. The number of para-hydroxylation sites is 1. The first-order valence-corrected chi connectivity index (χ1v) is 14.6. The summed E-state index contributed by atoms with van der Waals surface area (Å²) in [5, 5.41) is 20.2. The second-order valence-corrected chi connectivity index (χ2v) is 12.4. The highest BCUT2D eigenvalue weighted by Crippen LogP contribution is 2.40. The maximum absolute atomic E-state index is 13.1. The van der Waals surface area contributed by atoms with E-state index in [4.69, 9.17) is 4.74 Å². The minimum Gasteiger partial charge on any atom is -0.494 e. The summed E-state index contributed by atoms with van der Waals surface area (Å²) in [5.74, 6) is -0.0433. The Balaban J connectivity index is 1.61. The number of methoxy groups -OCH3 is 1. The van der Waals surface area contributed by atoms with Crippen LogP contribution in [0.4, 0.5) is 17.2 Å². The monoisotopic (exact) mass is 588 g/mol. The van der Waals surface area contributed by atoms with Crippen molar-refractivity contribution in [2.75, 3.05) is 44.9 Å². The first-order valence-electron chi connectivity index (χ1n) is 13.8. The Hall–Kier alpha value is -3.91. The SMILES string of the molecule is BC(B)(B)NC(=O)c1nnc(NC(=O)C2CC2)cc1Nc1cccc(-c2ncc(C(=O)NCCCN(C)C)s2)c1OC. The Morgan fingerprint density at radius 3 is 2.55 bits per heavy atom. The lowest BCUT2D eigenvalue weighted by atomic mass is 9.49. The van der Waals surface area contributed by atoms with Crippen molar-refractivity contribution < 1.29 is 19.1 Å². The highest BCUT2D eigenvalue weighted by Gasteiger charge is 2.30. The van der Waals surface area contributed by atoms with Gasteiger partial charge in [-0.05, 0) is 57.3 Å². The van der Waals surface area contributed by atoms with Gasteiger partial charge in [-0.1, -0.05) is 6.07 Å². The van der Waals surface area contributed by atoms with Gasteiger partial charge in [0.2, 0.25) is 5.91 Å². The van der Waals surface area contributed by atoms with Crippen LogP contribution in [-0.4, -0.2) is 101 Å². The zero-order valence-corrected chi connectivity index (χ0v) is 25.6. The van der Waals surface area contributed by atoms with Gasteiger partial charge in [0.15, 0.2) is 17.3 Å². The molecule has 0 saturated heterocycles. The third kappa shape index (κ3) is 8.32. The van der Waals surface area contributed by atoms with Crippen molar-refractivity contribution in [1.29, 1.82) is 0 Å². The van der Waals surface area contributed by atoms with Gasteiger partial charge in [-0.2, -0.15) is 0 Å². The van der Waals surface area contributed by atoms with E-state index in [1.807, 2.05) is 49.8 Å². The third-order valence-electron chi connectivity index (χ3n) is 6.21. The number of aromatic nitrogens is 3. The average Bonchev–Trinajstić information content (AvgIpc) is 3.66. The van der Waals surface area contributed by atoms with Crippen LogP contribution in [0.15, 0.2) is 30.5 Å². The molecule has 2 aromatic heterocycles. The van der Waals surface area contributed by atoms with Crippen LogP contribution in [0.2, 0.25) is 0 Å². The topological polar surface area (TPSA) is 150 Å². The number of amides is 3. The minimum absolute atomic E-state index is 0.0211. The first kappa shape index (κ1) is 31.0. The van der Waals surface area contributed by atoms with E-state index in [9.17, 15) is 14.4 Å². The predicted octanol–water partition coefficient (Wildman–Crippen LogP) is -0.377. The minimum atomic E-state index is -0.506. The molecule has 4 rings (SSSR count). The number of ether oxygens (including phenoxy) is 1. The molecule has 4 N–H and O–H groups in total. The van der Waals surface area contributed by atoms with Crippen LogP contribution in [-0.2, 0) is 4.79 Å². The van der Waals surface area contributed by atoms with Gasteiger partial charge in [0.1, 0.15) is 33.4 Å². The van der Waals surface area contributed by atoms with E-state index >= 15 is 0 Å². The molecule has 3 amide bonds. The summed E-state index contributed by atoms with van der Waals surface area (Å²) in [7, 11) is 11.1.